The van der Waals surface area contributed by atoms with Crippen LogP contribution >= 0.6 is 0 Å². The van der Waals surface area contributed by atoms with Gasteiger partial charge in [-0.05, 0) is 52.1 Å². The van der Waals surface area contributed by atoms with Gasteiger partial charge in [-0.15, -0.1) is 0 Å². The smallest absolute Gasteiger partial charge is 0.305 e. The van der Waals surface area contributed by atoms with E-state index in [1.165, 1.54) is 51.4 Å². The minimum absolute atomic E-state index is 0.0415. The van der Waals surface area contributed by atoms with Crippen LogP contribution in [-0.2, 0) is 9.53 Å². The van der Waals surface area contributed by atoms with E-state index in [1.807, 2.05) is 7.05 Å². The number of ether oxygens (including phenoxy) is 1. The van der Waals surface area contributed by atoms with Crippen LogP contribution in [0.4, 0.5) is 0 Å². The summed E-state index contributed by atoms with van der Waals surface area (Å²) in [6, 6.07) is 0. The molecule has 26 heavy (non-hydrogen) atoms. The van der Waals surface area contributed by atoms with Crippen LogP contribution < -0.4 is 0 Å². The maximum absolute atomic E-state index is 11.6. The average molecular weight is 366 g/mol. The second-order valence-electron chi connectivity index (χ2n) is 7.10. The van der Waals surface area contributed by atoms with Crippen molar-refractivity contribution in [1.29, 1.82) is 0 Å². The van der Waals surface area contributed by atoms with Gasteiger partial charge in [0.05, 0.1) is 0 Å². The summed E-state index contributed by atoms with van der Waals surface area (Å²) in [4.78, 5) is 13.7. The number of esters is 1. The zero-order valence-corrected chi connectivity index (χ0v) is 17.7. The van der Waals surface area contributed by atoms with Gasteiger partial charge in [0.1, 0.15) is 6.61 Å². The van der Waals surface area contributed by atoms with Crippen LogP contribution in [0, 0.1) is 0 Å². The molecule has 0 saturated heterocycles. The van der Waals surface area contributed by atoms with E-state index in [2.05, 4.69) is 43.1 Å². The Morgan fingerprint density at radius 2 is 1.46 bits per heavy atom. The van der Waals surface area contributed by atoms with E-state index in [4.69, 9.17) is 4.74 Å². The Bertz CT molecular complexity index is 363. The van der Waals surface area contributed by atoms with E-state index >= 15 is 0 Å². The van der Waals surface area contributed by atoms with E-state index in [1.54, 1.807) is 0 Å². The Labute approximate surface area is 162 Å². The molecule has 0 bridgehead atoms. The number of hydrogen-bond acceptors (Lipinski definition) is 3. The number of likely N-dealkylation sites (N-methyl/N-ethyl adjacent to an activating group) is 1. The van der Waals surface area contributed by atoms with Gasteiger partial charge in [0.15, 0.2) is 0 Å². The molecule has 0 spiro atoms. The predicted octanol–water partition coefficient (Wildman–Crippen LogP) is 6.29. The van der Waals surface area contributed by atoms with Crippen LogP contribution in [-0.4, -0.2) is 37.6 Å². The Hall–Kier alpha value is -1.09. The zero-order valence-electron chi connectivity index (χ0n) is 17.7. The first-order valence-electron chi connectivity index (χ1n) is 10.8. The lowest BCUT2D eigenvalue weighted by Crippen LogP contribution is -2.23. The van der Waals surface area contributed by atoms with Crippen LogP contribution in [0.25, 0.3) is 0 Å². The maximum atomic E-state index is 11.6. The molecule has 0 amide bonds. The van der Waals surface area contributed by atoms with Crippen LogP contribution in [0.1, 0.15) is 90.9 Å². The molecule has 0 aromatic rings. The molecule has 0 unspecified atom stereocenters. The van der Waals surface area contributed by atoms with E-state index in [0.29, 0.717) is 13.0 Å². The minimum atomic E-state index is -0.0415. The fourth-order valence-electron chi connectivity index (χ4n) is 2.63. The third-order valence-corrected chi connectivity index (χ3v) is 4.61. The van der Waals surface area contributed by atoms with Crippen molar-refractivity contribution >= 4 is 5.97 Å². The summed E-state index contributed by atoms with van der Waals surface area (Å²) in [6.45, 7) is 6.68. The lowest BCUT2D eigenvalue weighted by molar-refractivity contribution is -0.144. The van der Waals surface area contributed by atoms with Gasteiger partial charge in [-0.2, -0.15) is 0 Å². The lowest BCUT2D eigenvalue weighted by Gasteiger charge is -2.13. The van der Waals surface area contributed by atoms with Crippen LogP contribution in [0.2, 0.25) is 0 Å². The van der Waals surface area contributed by atoms with E-state index in [0.717, 1.165) is 32.4 Å². The molecule has 0 aromatic carbocycles. The van der Waals surface area contributed by atoms with Gasteiger partial charge < -0.3 is 9.64 Å². The first kappa shape index (κ1) is 24.9. The Kier molecular flexibility index (Phi) is 19.4. The first-order valence-corrected chi connectivity index (χ1v) is 10.8. The average Bonchev–Trinajstić information content (AvgIpc) is 2.64. The van der Waals surface area contributed by atoms with E-state index in [9.17, 15) is 4.79 Å². The minimum Gasteiger partial charge on any atom is -0.464 e. The van der Waals surface area contributed by atoms with Crippen molar-refractivity contribution in [3.63, 3.8) is 0 Å². The fourth-order valence-corrected chi connectivity index (χ4v) is 2.63. The molecule has 0 radical (unpaired) electrons. The van der Waals surface area contributed by atoms with Crippen molar-refractivity contribution in [2.24, 2.45) is 0 Å². The normalized spacial score (nSPS) is 11.8. The Balaban J connectivity index is 3.30. The molecule has 0 heterocycles. The molecule has 0 aliphatic heterocycles. The molecule has 0 atom stereocenters. The van der Waals surface area contributed by atoms with Gasteiger partial charge >= 0.3 is 5.97 Å². The highest BCUT2D eigenvalue weighted by Gasteiger charge is 2.03. The summed E-state index contributed by atoms with van der Waals surface area (Å²) in [5.74, 6) is -0.0415. The lowest BCUT2D eigenvalue weighted by atomic mass is 10.1. The standard InChI is InChI=1S/C23H43NO2/c1-4-6-7-8-9-10-11-12-13-14-15-16-17-18-19-20-23(25)26-22-21-24(3)5-2/h9-10,12-13H,4-8,11,14-22H2,1-3H3. The summed E-state index contributed by atoms with van der Waals surface area (Å²) >= 11 is 0. The molecule has 0 saturated carbocycles. The van der Waals surface area contributed by atoms with Crippen molar-refractivity contribution in [3.8, 4) is 0 Å². The Morgan fingerprint density at radius 3 is 2.12 bits per heavy atom. The number of nitrogens with zero attached hydrogens (tertiary/aromatic N) is 1. The van der Waals surface area contributed by atoms with Gasteiger partial charge in [0.25, 0.3) is 0 Å². The fraction of sp³-hybridized carbons (Fsp3) is 0.783. The summed E-state index contributed by atoms with van der Waals surface area (Å²) in [6.07, 6.45) is 23.0. The summed E-state index contributed by atoms with van der Waals surface area (Å²) in [7, 11) is 2.04. The third-order valence-electron chi connectivity index (χ3n) is 4.61. The highest BCUT2D eigenvalue weighted by atomic mass is 16.5. The van der Waals surface area contributed by atoms with E-state index < -0.39 is 0 Å². The summed E-state index contributed by atoms with van der Waals surface area (Å²) in [5, 5.41) is 0. The number of unbranched alkanes of at least 4 members (excludes halogenated alkanes) is 8. The highest BCUT2D eigenvalue weighted by molar-refractivity contribution is 5.69. The van der Waals surface area contributed by atoms with Crippen molar-refractivity contribution in [2.45, 2.75) is 90.9 Å². The van der Waals surface area contributed by atoms with Crippen LogP contribution in [0.5, 0.6) is 0 Å². The molecule has 152 valence electrons. The predicted molar refractivity (Wildman–Crippen MR) is 113 cm³/mol. The quantitative estimate of drug-likeness (QED) is 0.162. The van der Waals surface area contributed by atoms with Gasteiger partial charge in [0, 0.05) is 13.0 Å². The zero-order chi connectivity index (χ0) is 19.3. The highest BCUT2D eigenvalue weighted by Crippen LogP contribution is 2.08. The molecular weight excluding hydrogens is 322 g/mol. The molecule has 0 aliphatic rings. The number of hydrogen-bond donors (Lipinski definition) is 0. The number of carbonyl (C=O) groups is 1. The van der Waals surface area contributed by atoms with Gasteiger partial charge in [0.2, 0.25) is 0 Å². The monoisotopic (exact) mass is 365 g/mol. The second kappa shape index (κ2) is 20.2. The molecule has 3 heteroatoms. The maximum Gasteiger partial charge on any atom is 0.305 e. The third kappa shape index (κ3) is 19.2. The first-order chi connectivity index (χ1) is 12.7. The number of rotatable bonds is 18. The van der Waals surface area contributed by atoms with E-state index in [-0.39, 0.29) is 5.97 Å². The second-order valence-corrected chi connectivity index (χ2v) is 7.10. The van der Waals surface area contributed by atoms with Gasteiger partial charge in [-0.3, -0.25) is 4.79 Å². The molecule has 0 rings (SSSR count). The van der Waals surface area contributed by atoms with Crippen molar-refractivity contribution in [1.82, 2.24) is 4.90 Å². The van der Waals surface area contributed by atoms with Crippen molar-refractivity contribution < 1.29 is 9.53 Å². The molecule has 3 nitrogen and oxygen atoms in total. The molecular formula is C23H43NO2. The number of carbonyl (C=O) groups excluding carboxylic acids is 1. The molecule has 0 aromatic heterocycles. The molecule has 0 aliphatic carbocycles. The summed E-state index contributed by atoms with van der Waals surface area (Å²) in [5.41, 5.74) is 0. The topological polar surface area (TPSA) is 29.5 Å². The molecule has 0 N–H and O–H groups in total. The Morgan fingerprint density at radius 1 is 0.846 bits per heavy atom. The van der Waals surface area contributed by atoms with Gasteiger partial charge in [-0.1, -0.05) is 70.3 Å². The molecule has 0 fully saturated rings. The van der Waals surface area contributed by atoms with Gasteiger partial charge in [-0.25, -0.2) is 0 Å². The van der Waals surface area contributed by atoms with Crippen LogP contribution in [0.15, 0.2) is 24.3 Å². The SMILES string of the molecule is CCCCCC=CCC=CCCCCCCCC(=O)OCCN(C)CC. The van der Waals surface area contributed by atoms with Crippen molar-refractivity contribution in [2.75, 3.05) is 26.7 Å². The summed E-state index contributed by atoms with van der Waals surface area (Å²) < 4.78 is 5.24. The number of allylic oxidation sites excluding steroid dienone is 4. The van der Waals surface area contributed by atoms with Crippen LogP contribution in [0.3, 0.4) is 0 Å². The largest absolute Gasteiger partial charge is 0.464 e. The van der Waals surface area contributed by atoms with Crippen molar-refractivity contribution in [3.05, 3.63) is 24.3 Å².